The van der Waals surface area contributed by atoms with Gasteiger partial charge in [0.1, 0.15) is 0 Å². The van der Waals surface area contributed by atoms with Crippen molar-refractivity contribution in [2.45, 2.75) is 39.0 Å². The fraction of sp³-hybridized carbons (Fsp3) is 0.867. The molecule has 2 aliphatic rings. The van der Waals surface area contributed by atoms with E-state index in [2.05, 4.69) is 17.6 Å². The van der Waals surface area contributed by atoms with Crippen molar-refractivity contribution in [2.24, 2.45) is 17.3 Å². The fourth-order valence-electron chi connectivity index (χ4n) is 3.07. The van der Waals surface area contributed by atoms with Crippen molar-refractivity contribution >= 4 is 12.0 Å². The average molecular weight is 298 g/mol. The van der Waals surface area contributed by atoms with Gasteiger partial charge in [0.25, 0.3) is 0 Å². The summed E-state index contributed by atoms with van der Waals surface area (Å²) in [6, 6.07) is -0.277. The van der Waals surface area contributed by atoms with Gasteiger partial charge < -0.3 is 20.5 Å². The zero-order valence-corrected chi connectivity index (χ0v) is 12.7. The van der Waals surface area contributed by atoms with Crippen molar-refractivity contribution in [3.05, 3.63) is 0 Å². The van der Waals surface area contributed by atoms with Gasteiger partial charge in [0.2, 0.25) is 0 Å². The number of carbonyl (C=O) groups excluding carboxylic acids is 1. The molecule has 1 unspecified atom stereocenters. The summed E-state index contributed by atoms with van der Waals surface area (Å²) in [4.78, 5) is 23.4. The molecule has 0 radical (unpaired) electrons. The predicted octanol–water partition coefficient (Wildman–Crippen LogP) is 1.60. The van der Waals surface area contributed by atoms with Crippen molar-refractivity contribution < 1.29 is 19.4 Å². The fourth-order valence-corrected chi connectivity index (χ4v) is 3.07. The summed E-state index contributed by atoms with van der Waals surface area (Å²) in [5.74, 6) is 0.160. The van der Waals surface area contributed by atoms with Gasteiger partial charge in [-0.15, -0.1) is 0 Å². The molecule has 1 aliphatic heterocycles. The molecule has 21 heavy (non-hydrogen) atoms. The Kier molecular flexibility index (Phi) is 5.45. The molecule has 3 N–H and O–H groups in total. The smallest absolute Gasteiger partial charge is 0.314 e. The predicted molar refractivity (Wildman–Crippen MR) is 78.0 cm³/mol. The number of hydrogen-bond acceptors (Lipinski definition) is 3. The first kappa shape index (κ1) is 16.1. The first-order valence-electron chi connectivity index (χ1n) is 7.85. The van der Waals surface area contributed by atoms with Crippen LogP contribution in [0.25, 0.3) is 0 Å². The van der Waals surface area contributed by atoms with Gasteiger partial charge in [0.15, 0.2) is 0 Å². The quantitative estimate of drug-likeness (QED) is 0.719. The number of carboxylic acid groups (broad SMARTS) is 1. The third-order valence-corrected chi connectivity index (χ3v) is 4.85. The molecule has 0 bridgehead atoms. The maximum absolute atomic E-state index is 11.8. The Bertz CT molecular complexity index is 372. The Balaban J connectivity index is 1.76. The summed E-state index contributed by atoms with van der Waals surface area (Å²) < 4.78 is 5.25. The van der Waals surface area contributed by atoms with Crippen LogP contribution in [0, 0.1) is 17.3 Å². The minimum Gasteiger partial charge on any atom is -0.481 e. The highest BCUT2D eigenvalue weighted by atomic mass is 16.5. The molecule has 1 saturated carbocycles. The Morgan fingerprint density at radius 3 is 2.52 bits per heavy atom. The van der Waals surface area contributed by atoms with Crippen LogP contribution in [0.1, 0.15) is 39.0 Å². The molecule has 6 nitrogen and oxygen atoms in total. The lowest BCUT2D eigenvalue weighted by Gasteiger charge is -2.35. The van der Waals surface area contributed by atoms with Crippen LogP contribution in [0.15, 0.2) is 0 Å². The molecule has 2 amide bonds. The Hall–Kier alpha value is -1.30. The number of aliphatic carboxylic acids is 1. The number of amides is 2. The van der Waals surface area contributed by atoms with Gasteiger partial charge >= 0.3 is 12.0 Å². The van der Waals surface area contributed by atoms with Crippen molar-refractivity contribution in [3.63, 3.8) is 0 Å². The van der Waals surface area contributed by atoms with Gasteiger partial charge in [0, 0.05) is 25.6 Å². The van der Waals surface area contributed by atoms with Crippen LogP contribution < -0.4 is 10.6 Å². The number of carbonyl (C=O) groups is 2. The Morgan fingerprint density at radius 1 is 1.24 bits per heavy atom. The van der Waals surface area contributed by atoms with Gasteiger partial charge in [-0.3, -0.25) is 4.79 Å². The lowest BCUT2D eigenvalue weighted by Crippen LogP contribution is -2.48. The maximum Gasteiger partial charge on any atom is 0.314 e. The van der Waals surface area contributed by atoms with Crippen LogP contribution in [-0.2, 0) is 9.53 Å². The van der Waals surface area contributed by atoms with E-state index in [4.69, 9.17) is 4.74 Å². The molecule has 0 spiro atoms. The molecular formula is C15H26N2O4. The molecular weight excluding hydrogens is 272 g/mol. The normalized spacial score (nSPS) is 32.6. The molecule has 2 fully saturated rings. The van der Waals surface area contributed by atoms with Crippen molar-refractivity contribution in [1.29, 1.82) is 0 Å². The standard InChI is InChI=1S/C15H26N2O4/c1-11-2-5-15(6-3-11,13(18)19)10-17-14(20)16-8-12-4-7-21-9-12/h11-12H,2-10H2,1H3,(H,18,19)(H2,16,17,20). The molecule has 1 atom stereocenters. The molecule has 120 valence electrons. The second-order valence-electron chi connectivity index (χ2n) is 6.56. The van der Waals surface area contributed by atoms with E-state index in [0.29, 0.717) is 37.8 Å². The minimum atomic E-state index is -0.793. The van der Waals surface area contributed by atoms with E-state index >= 15 is 0 Å². The maximum atomic E-state index is 11.8. The van der Waals surface area contributed by atoms with E-state index in [0.717, 1.165) is 25.9 Å². The molecule has 6 heteroatoms. The topological polar surface area (TPSA) is 87.7 Å². The first-order valence-corrected chi connectivity index (χ1v) is 7.85. The van der Waals surface area contributed by atoms with Gasteiger partial charge in [0.05, 0.1) is 12.0 Å². The number of hydrogen-bond donors (Lipinski definition) is 3. The third-order valence-electron chi connectivity index (χ3n) is 4.85. The van der Waals surface area contributed by atoms with Crippen LogP contribution in [-0.4, -0.2) is 43.4 Å². The molecule has 1 saturated heterocycles. The lowest BCUT2D eigenvalue weighted by molar-refractivity contribution is -0.151. The molecule has 1 heterocycles. The number of urea groups is 1. The van der Waals surface area contributed by atoms with E-state index in [-0.39, 0.29) is 12.6 Å². The van der Waals surface area contributed by atoms with Gasteiger partial charge in [-0.05, 0) is 38.0 Å². The number of rotatable bonds is 5. The minimum absolute atomic E-state index is 0.210. The lowest BCUT2D eigenvalue weighted by atomic mass is 9.71. The van der Waals surface area contributed by atoms with E-state index in [1.165, 1.54) is 0 Å². The summed E-state index contributed by atoms with van der Waals surface area (Å²) >= 11 is 0. The summed E-state index contributed by atoms with van der Waals surface area (Å²) in [5, 5.41) is 15.0. The zero-order valence-electron chi connectivity index (χ0n) is 12.7. The Labute approximate surface area is 125 Å². The van der Waals surface area contributed by atoms with Crippen molar-refractivity contribution in [3.8, 4) is 0 Å². The molecule has 0 aromatic rings. The van der Waals surface area contributed by atoms with E-state index < -0.39 is 11.4 Å². The number of ether oxygens (including phenoxy) is 1. The van der Waals surface area contributed by atoms with E-state index in [1.54, 1.807) is 0 Å². The van der Waals surface area contributed by atoms with Crippen LogP contribution in [0.3, 0.4) is 0 Å². The van der Waals surface area contributed by atoms with Crippen molar-refractivity contribution in [1.82, 2.24) is 10.6 Å². The highest BCUT2D eigenvalue weighted by Gasteiger charge is 2.41. The molecule has 0 aromatic heterocycles. The van der Waals surface area contributed by atoms with Crippen LogP contribution in [0.5, 0.6) is 0 Å². The van der Waals surface area contributed by atoms with Gasteiger partial charge in [-0.1, -0.05) is 6.92 Å². The monoisotopic (exact) mass is 298 g/mol. The van der Waals surface area contributed by atoms with Crippen LogP contribution >= 0.6 is 0 Å². The third kappa shape index (κ3) is 4.33. The highest BCUT2D eigenvalue weighted by Crippen LogP contribution is 2.38. The second kappa shape index (κ2) is 7.11. The number of nitrogens with one attached hydrogen (secondary N) is 2. The number of carboxylic acids is 1. The Morgan fingerprint density at radius 2 is 1.95 bits per heavy atom. The van der Waals surface area contributed by atoms with Gasteiger partial charge in [-0.25, -0.2) is 4.79 Å². The molecule has 1 aliphatic carbocycles. The van der Waals surface area contributed by atoms with E-state index in [9.17, 15) is 14.7 Å². The van der Waals surface area contributed by atoms with Gasteiger partial charge in [-0.2, -0.15) is 0 Å². The highest BCUT2D eigenvalue weighted by molar-refractivity contribution is 5.78. The first-order chi connectivity index (χ1) is 10.0. The zero-order chi connectivity index (χ0) is 15.3. The van der Waals surface area contributed by atoms with Crippen molar-refractivity contribution in [2.75, 3.05) is 26.3 Å². The average Bonchev–Trinajstić information content (AvgIpc) is 2.98. The summed E-state index contributed by atoms with van der Waals surface area (Å²) in [6.45, 7) is 4.39. The molecule has 0 aromatic carbocycles. The molecule has 2 rings (SSSR count). The summed E-state index contributed by atoms with van der Waals surface area (Å²) in [6.07, 6.45) is 4.07. The summed E-state index contributed by atoms with van der Waals surface area (Å²) in [5.41, 5.74) is -0.791. The largest absolute Gasteiger partial charge is 0.481 e. The summed E-state index contributed by atoms with van der Waals surface area (Å²) in [7, 11) is 0. The van der Waals surface area contributed by atoms with Crippen LogP contribution in [0.2, 0.25) is 0 Å². The van der Waals surface area contributed by atoms with Crippen LogP contribution in [0.4, 0.5) is 4.79 Å². The van der Waals surface area contributed by atoms with E-state index in [1.807, 2.05) is 0 Å². The second-order valence-corrected chi connectivity index (χ2v) is 6.56. The SMILES string of the molecule is CC1CCC(CNC(=O)NCC2CCOC2)(C(=O)O)CC1.